The molecule has 0 atom stereocenters. The third-order valence-corrected chi connectivity index (χ3v) is 7.61. The molecular formula is C27H27F3N2O2S. The van der Waals surface area contributed by atoms with Gasteiger partial charge in [-0.25, -0.2) is 8.42 Å². The van der Waals surface area contributed by atoms with E-state index in [1.165, 1.54) is 34.9 Å². The van der Waals surface area contributed by atoms with Crippen LogP contribution in [0.5, 0.6) is 0 Å². The molecule has 8 heteroatoms. The second kappa shape index (κ2) is 9.74. The molecule has 1 heterocycles. The van der Waals surface area contributed by atoms with Crippen molar-refractivity contribution < 1.29 is 21.6 Å². The Kier molecular flexibility index (Phi) is 7.32. The molecule has 1 aromatic heterocycles. The maximum Gasteiger partial charge on any atom is 0.418 e. The van der Waals surface area contributed by atoms with Crippen LogP contribution in [0.4, 0.5) is 13.2 Å². The average Bonchev–Trinajstić information content (AvgIpc) is 3.12. The Morgan fingerprint density at radius 2 is 1.60 bits per heavy atom. The van der Waals surface area contributed by atoms with Gasteiger partial charge < -0.3 is 4.57 Å². The average molecular weight is 501 g/mol. The van der Waals surface area contributed by atoms with Crippen LogP contribution < -0.4 is 0 Å². The van der Waals surface area contributed by atoms with Crippen molar-refractivity contribution >= 4 is 15.9 Å². The summed E-state index contributed by atoms with van der Waals surface area (Å²) in [6.45, 7) is 9.03. The van der Waals surface area contributed by atoms with E-state index in [9.17, 15) is 26.9 Å². The van der Waals surface area contributed by atoms with Gasteiger partial charge in [0.05, 0.1) is 16.1 Å². The molecule has 0 N–H and O–H groups in total. The standard InChI is InChI=1S/C27H27F3N2O2S/c1-17(2)22-10-6-9-13-26(22)35(33,34)21(16-31)14-20-15-25(18(3)4)32(19(20)5)24-12-8-7-11-23(24)27(28,29)30/h6-15,17-18H,1-5H3/b21-14+. The lowest BCUT2D eigenvalue weighted by Gasteiger charge is -2.19. The van der Waals surface area contributed by atoms with Crippen molar-refractivity contribution in [3.8, 4) is 11.8 Å². The first-order valence-electron chi connectivity index (χ1n) is 11.1. The molecule has 3 rings (SSSR count). The molecule has 0 saturated carbocycles. The van der Waals surface area contributed by atoms with Gasteiger partial charge in [-0.05, 0) is 60.2 Å². The minimum atomic E-state index is -4.57. The monoisotopic (exact) mass is 500 g/mol. The van der Waals surface area contributed by atoms with Gasteiger partial charge in [0, 0.05) is 11.4 Å². The summed E-state index contributed by atoms with van der Waals surface area (Å²) in [5.41, 5.74) is 1.09. The van der Waals surface area contributed by atoms with Crippen LogP contribution in [0.15, 0.2) is 64.4 Å². The van der Waals surface area contributed by atoms with Gasteiger partial charge in [-0.15, -0.1) is 0 Å². The zero-order valence-corrected chi connectivity index (χ0v) is 21.0. The van der Waals surface area contributed by atoms with Crippen LogP contribution in [0.25, 0.3) is 11.8 Å². The molecule has 2 aromatic carbocycles. The summed E-state index contributed by atoms with van der Waals surface area (Å²) in [7, 11) is -4.15. The number of halogens is 3. The summed E-state index contributed by atoms with van der Waals surface area (Å²) in [6.07, 6.45) is -3.32. The molecule has 0 saturated heterocycles. The molecule has 3 aromatic rings. The largest absolute Gasteiger partial charge is 0.418 e. The van der Waals surface area contributed by atoms with Gasteiger partial charge in [-0.3, -0.25) is 0 Å². The highest BCUT2D eigenvalue weighted by molar-refractivity contribution is 7.95. The van der Waals surface area contributed by atoms with Crippen molar-refractivity contribution in [3.05, 3.63) is 87.6 Å². The SMILES string of the molecule is Cc1c(/C=C(\C#N)S(=O)(=O)c2ccccc2C(C)C)cc(C(C)C)n1-c1ccccc1C(F)(F)F. The fourth-order valence-corrected chi connectivity index (χ4v) is 5.59. The molecule has 0 aliphatic carbocycles. The Bertz CT molecular complexity index is 1420. The van der Waals surface area contributed by atoms with E-state index in [0.717, 1.165) is 6.07 Å². The van der Waals surface area contributed by atoms with Crippen LogP contribution in [-0.2, 0) is 16.0 Å². The van der Waals surface area contributed by atoms with E-state index in [1.807, 2.05) is 27.7 Å². The van der Waals surface area contributed by atoms with Gasteiger partial charge in [0.2, 0.25) is 9.84 Å². The number of nitriles is 1. The van der Waals surface area contributed by atoms with Gasteiger partial charge in [0.25, 0.3) is 0 Å². The van der Waals surface area contributed by atoms with Gasteiger partial charge in [-0.2, -0.15) is 18.4 Å². The second-order valence-corrected chi connectivity index (χ2v) is 10.8. The number of hydrogen-bond acceptors (Lipinski definition) is 3. The van der Waals surface area contributed by atoms with Gasteiger partial charge >= 0.3 is 6.18 Å². The summed E-state index contributed by atoms with van der Waals surface area (Å²) in [4.78, 5) is -0.420. The Hall–Kier alpha value is -3.31. The van der Waals surface area contributed by atoms with Crippen molar-refractivity contribution in [1.82, 2.24) is 4.57 Å². The molecule has 0 aliphatic heterocycles. The van der Waals surface area contributed by atoms with E-state index < -0.39 is 26.5 Å². The van der Waals surface area contributed by atoms with E-state index >= 15 is 0 Å². The van der Waals surface area contributed by atoms with Crippen molar-refractivity contribution in [2.75, 3.05) is 0 Å². The van der Waals surface area contributed by atoms with Crippen molar-refractivity contribution in [2.45, 2.75) is 57.5 Å². The Morgan fingerprint density at radius 3 is 2.17 bits per heavy atom. The van der Waals surface area contributed by atoms with Gasteiger partial charge in [0.1, 0.15) is 11.0 Å². The number of benzene rings is 2. The fraction of sp³-hybridized carbons (Fsp3) is 0.296. The van der Waals surface area contributed by atoms with Crippen LogP contribution in [-0.4, -0.2) is 13.0 Å². The van der Waals surface area contributed by atoms with Crippen LogP contribution in [0.1, 0.15) is 67.6 Å². The lowest BCUT2D eigenvalue weighted by Crippen LogP contribution is -2.13. The number of para-hydroxylation sites is 1. The zero-order chi connectivity index (χ0) is 26.1. The summed E-state index contributed by atoms with van der Waals surface area (Å²) in [5.74, 6) is -0.254. The number of hydrogen-bond donors (Lipinski definition) is 0. The highest BCUT2D eigenvalue weighted by atomic mass is 32.2. The first-order valence-corrected chi connectivity index (χ1v) is 12.6. The highest BCUT2D eigenvalue weighted by Crippen LogP contribution is 2.37. The third kappa shape index (κ3) is 5.06. The molecular weight excluding hydrogens is 473 g/mol. The summed E-state index contributed by atoms with van der Waals surface area (Å²) < 4.78 is 69.7. The van der Waals surface area contributed by atoms with Crippen molar-refractivity contribution in [2.24, 2.45) is 0 Å². The van der Waals surface area contributed by atoms with Crippen molar-refractivity contribution in [3.63, 3.8) is 0 Å². The number of aromatic nitrogens is 1. The lowest BCUT2D eigenvalue weighted by atomic mass is 10.0. The van der Waals surface area contributed by atoms with Crippen LogP contribution in [0.3, 0.4) is 0 Å². The van der Waals surface area contributed by atoms with E-state index in [0.29, 0.717) is 22.5 Å². The fourth-order valence-electron chi connectivity index (χ4n) is 4.08. The normalized spacial score (nSPS) is 12.9. The maximum absolute atomic E-state index is 13.8. The molecule has 0 fully saturated rings. The van der Waals surface area contributed by atoms with E-state index in [1.54, 1.807) is 37.3 Å². The number of rotatable bonds is 6. The minimum absolute atomic E-state index is 0.0476. The smallest absolute Gasteiger partial charge is 0.317 e. The third-order valence-electron chi connectivity index (χ3n) is 5.87. The predicted molar refractivity (Wildman–Crippen MR) is 131 cm³/mol. The molecule has 35 heavy (non-hydrogen) atoms. The predicted octanol–water partition coefficient (Wildman–Crippen LogP) is 7.39. The van der Waals surface area contributed by atoms with E-state index in [-0.39, 0.29) is 22.4 Å². The quantitative estimate of drug-likeness (QED) is 0.332. The Balaban J connectivity index is 2.27. The highest BCUT2D eigenvalue weighted by Gasteiger charge is 2.35. The van der Waals surface area contributed by atoms with Crippen LogP contribution >= 0.6 is 0 Å². The molecule has 0 amide bonds. The lowest BCUT2D eigenvalue weighted by molar-refractivity contribution is -0.137. The number of alkyl halides is 3. The van der Waals surface area contributed by atoms with Crippen molar-refractivity contribution in [1.29, 1.82) is 5.26 Å². The molecule has 4 nitrogen and oxygen atoms in total. The molecule has 184 valence electrons. The number of allylic oxidation sites excluding steroid dienone is 1. The van der Waals surface area contributed by atoms with Crippen LogP contribution in [0.2, 0.25) is 0 Å². The molecule has 0 spiro atoms. The van der Waals surface area contributed by atoms with Gasteiger partial charge in [0.15, 0.2) is 0 Å². The van der Waals surface area contributed by atoms with E-state index in [4.69, 9.17) is 0 Å². The maximum atomic E-state index is 13.8. The second-order valence-electron chi connectivity index (χ2n) is 8.93. The number of sulfone groups is 1. The Labute approximate surface area is 204 Å². The Morgan fingerprint density at radius 1 is 1.00 bits per heavy atom. The van der Waals surface area contributed by atoms with E-state index in [2.05, 4.69) is 0 Å². The summed E-state index contributed by atoms with van der Waals surface area (Å²) >= 11 is 0. The van der Waals surface area contributed by atoms with Gasteiger partial charge in [-0.1, -0.05) is 58.0 Å². The van der Waals surface area contributed by atoms with Crippen LogP contribution in [0, 0.1) is 18.3 Å². The molecule has 0 bridgehead atoms. The first kappa shape index (κ1) is 26.3. The minimum Gasteiger partial charge on any atom is -0.317 e. The first-order chi connectivity index (χ1) is 16.3. The number of nitrogens with zero attached hydrogens (tertiary/aromatic N) is 2. The summed E-state index contributed by atoms with van der Waals surface area (Å²) in [5, 5.41) is 9.80. The molecule has 0 radical (unpaired) electrons. The summed E-state index contributed by atoms with van der Waals surface area (Å²) in [6, 6.07) is 15.2. The molecule has 0 aliphatic rings. The zero-order valence-electron chi connectivity index (χ0n) is 20.2. The topological polar surface area (TPSA) is 62.9 Å². The molecule has 0 unspecified atom stereocenters.